The van der Waals surface area contributed by atoms with Gasteiger partial charge in [0, 0.05) is 12.5 Å². The summed E-state index contributed by atoms with van der Waals surface area (Å²) in [5.41, 5.74) is 0.958. The van der Waals surface area contributed by atoms with E-state index in [0.717, 1.165) is 33.3 Å². The van der Waals surface area contributed by atoms with Gasteiger partial charge >= 0.3 is 0 Å². The van der Waals surface area contributed by atoms with Crippen LogP contribution in [0.5, 0.6) is 11.5 Å². The molecule has 0 bridgehead atoms. The van der Waals surface area contributed by atoms with Gasteiger partial charge in [-0.05, 0) is 36.8 Å². The lowest BCUT2D eigenvalue weighted by molar-refractivity contribution is -0.152. The quantitative estimate of drug-likeness (QED) is 0.673. The van der Waals surface area contributed by atoms with Crippen molar-refractivity contribution in [2.24, 2.45) is 0 Å². The van der Waals surface area contributed by atoms with Gasteiger partial charge in [0.05, 0.1) is 36.0 Å². The normalized spacial score (nSPS) is 22.4. The van der Waals surface area contributed by atoms with Crippen molar-refractivity contribution >= 4 is 17.7 Å². The molecule has 140 valence electrons. The van der Waals surface area contributed by atoms with Crippen molar-refractivity contribution < 1.29 is 19.0 Å². The van der Waals surface area contributed by atoms with Crippen molar-refractivity contribution in [2.45, 2.75) is 41.4 Å². The minimum absolute atomic E-state index is 0.0993. The summed E-state index contributed by atoms with van der Waals surface area (Å²) in [4.78, 5) is 17.0. The Labute approximate surface area is 162 Å². The molecule has 2 aromatic carbocycles. The zero-order valence-corrected chi connectivity index (χ0v) is 16.0. The van der Waals surface area contributed by atoms with E-state index in [-0.39, 0.29) is 11.9 Å². The van der Waals surface area contributed by atoms with Gasteiger partial charge in [0.25, 0.3) is 0 Å². The second-order valence-electron chi connectivity index (χ2n) is 7.29. The van der Waals surface area contributed by atoms with E-state index >= 15 is 0 Å². The van der Waals surface area contributed by atoms with Gasteiger partial charge in [0.15, 0.2) is 5.79 Å². The second kappa shape index (κ2) is 6.55. The standard InChI is InChI=1S/C21H21NO4S/c1-14-12-21(24-8-9-25-21)13-22(14)20(23)11-15-6-7-19-17(10-15)26-16-4-2-3-5-18(16)27-19/h2-7,10,14H,8-9,11-13H2,1H3. The van der Waals surface area contributed by atoms with Gasteiger partial charge in [-0.15, -0.1) is 0 Å². The Balaban J connectivity index is 1.31. The molecule has 6 heteroatoms. The fourth-order valence-corrected chi connectivity index (χ4v) is 4.97. The number of hydrogen-bond donors (Lipinski definition) is 0. The first kappa shape index (κ1) is 17.1. The van der Waals surface area contributed by atoms with Crippen LogP contribution < -0.4 is 4.74 Å². The first-order chi connectivity index (χ1) is 13.1. The van der Waals surface area contributed by atoms with Crippen LogP contribution in [0.2, 0.25) is 0 Å². The van der Waals surface area contributed by atoms with E-state index in [0.29, 0.717) is 26.2 Å². The fraction of sp³-hybridized carbons (Fsp3) is 0.381. The molecule has 1 atom stereocenters. The van der Waals surface area contributed by atoms with Gasteiger partial charge in [-0.3, -0.25) is 4.79 Å². The van der Waals surface area contributed by atoms with E-state index in [1.807, 2.05) is 41.3 Å². The summed E-state index contributed by atoms with van der Waals surface area (Å²) in [7, 11) is 0. The van der Waals surface area contributed by atoms with Gasteiger partial charge in [-0.2, -0.15) is 0 Å². The number of carbonyl (C=O) groups excluding carboxylic acids is 1. The van der Waals surface area contributed by atoms with E-state index in [2.05, 4.69) is 13.0 Å². The van der Waals surface area contributed by atoms with E-state index in [9.17, 15) is 4.79 Å². The molecule has 5 nitrogen and oxygen atoms in total. The number of rotatable bonds is 2. The number of amides is 1. The van der Waals surface area contributed by atoms with Crippen LogP contribution in [0, 0.1) is 0 Å². The molecule has 3 heterocycles. The highest BCUT2D eigenvalue weighted by Gasteiger charge is 2.48. The highest BCUT2D eigenvalue weighted by Crippen LogP contribution is 2.47. The number of fused-ring (bicyclic) bond motifs is 2. The van der Waals surface area contributed by atoms with Crippen LogP contribution in [0.15, 0.2) is 52.3 Å². The maximum absolute atomic E-state index is 12.9. The zero-order valence-electron chi connectivity index (χ0n) is 15.1. The Hall–Kier alpha value is -2.02. The zero-order chi connectivity index (χ0) is 18.4. The third-order valence-electron chi connectivity index (χ3n) is 5.34. The third kappa shape index (κ3) is 3.12. The molecular formula is C21H21NO4S. The predicted molar refractivity (Wildman–Crippen MR) is 101 cm³/mol. The van der Waals surface area contributed by atoms with Crippen molar-refractivity contribution in [3.8, 4) is 11.5 Å². The van der Waals surface area contributed by atoms with Crippen LogP contribution in [-0.4, -0.2) is 42.4 Å². The SMILES string of the molecule is CC1CC2(CN1C(=O)Cc1ccc3c(c1)Oc1ccccc1S3)OCCO2. The Morgan fingerprint density at radius 1 is 1.15 bits per heavy atom. The first-order valence-corrected chi connectivity index (χ1v) is 10.1. The van der Waals surface area contributed by atoms with Crippen LogP contribution in [0.3, 0.4) is 0 Å². The van der Waals surface area contributed by atoms with Crippen LogP contribution in [0.4, 0.5) is 0 Å². The number of benzene rings is 2. The molecule has 27 heavy (non-hydrogen) atoms. The van der Waals surface area contributed by atoms with E-state index < -0.39 is 5.79 Å². The summed E-state index contributed by atoms with van der Waals surface area (Å²) in [6.45, 7) is 3.78. The minimum atomic E-state index is -0.589. The van der Waals surface area contributed by atoms with Gasteiger partial charge in [0.2, 0.25) is 5.91 Å². The Bertz CT molecular complexity index is 894. The maximum atomic E-state index is 12.9. The van der Waals surface area contributed by atoms with Crippen molar-refractivity contribution in [1.29, 1.82) is 0 Å². The number of nitrogens with zero attached hydrogens (tertiary/aromatic N) is 1. The number of likely N-dealkylation sites (tertiary alicyclic amines) is 1. The average Bonchev–Trinajstić information content (AvgIpc) is 3.26. The largest absolute Gasteiger partial charge is 0.455 e. The number of para-hydroxylation sites is 1. The van der Waals surface area contributed by atoms with Crippen molar-refractivity contribution in [3.05, 3.63) is 48.0 Å². The smallest absolute Gasteiger partial charge is 0.227 e. The molecule has 2 aromatic rings. The highest BCUT2D eigenvalue weighted by atomic mass is 32.2. The Morgan fingerprint density at radius 2 is 1.93 bits per heavy atom. The van der Waals surface area contributed by atoms with Gasteiger partial charge in [-0.1, -0.05) is 30.0 Å². The van der Waals surface area contributed by atoms with Gasteiger partial charge in [-0.25, -0.2) is 0 Å². The molecule has 1 amide bonds. The van der Waals surface area contributed by atoms with Gasteiger partial charge in [0.1, 0.15) is 11.5 Å². The predicted octanol–water partition coefficient (Wildman–Crippen LogP) is 3.85. The third-order valence-corrected chi connectivity index (χ3v) is 6.45. The lowest BCUT2D eigenvalue weighted by Crippen LogP contribution is -2.38. The van der Waals surface area contributed by atoms with Crippen molar-refractivity contribution in [2.75, 3.05) is 19.8 Å². The number of hydrogen-bond acceptors (Lipinski definition) is 5. The Kier molecular flexibility index (Phi) is 4.15. The number of ether oxygens (including phenoxy) is 3. The fourth-order valence-electron chi connectivity index (χ4n) is 4.04. The summed E-state index contributed by atoms with van der Waals surface area (Å²) in [5.74, 6) is 1.19. The molecule has 0 N–H and O–H groups in total. The van der Waals surface area contributed by atoms with Gasteiger partial charge < -0.3 is 19.1 Å². The highest BCUT2D eigenvalue weighted by molar-refractivity contribution is 7.99. The van der Waals surface area contributed by atoms with Crippen LogP contribution in [-0.2, 0) is 20.7 Å². The lowest BCUT2D eigenvalue weighted by atomic mass is 10.1. The summed E-state index contributed by atoms with van der Waals surface area (Å²) in [6, 6.07) is 14.1. The molecule has 1 unspecified atom stereocenters. The average molecular weight is 383 g/mol. The van der Waals surface area contributed by atoms with Crippen LogP contribution in [0.1, 0.15) is 18.9 Å². The monoisotopic (exact) mass is 383 g/mol. The molecule has 3 aliphatic rings. The van der Waals surface area contributed by atoms with Crippen molar-refractivity contribution in [3.63, 3.8) is 0 Å². The Morgan fingerprint density at radius 3 is 2.78 bits per heavy atom. The summed E-state index contributed by atoms with van der Waals surface area (Å²) in [6.07, 6.45) is 1.09. The molecule has 2 fully saturated rings. The van der Waals surface area contributed by atoms with Crippen LogP contribution in [0.25, 0.3) is 0 Å². The molecule has 3 aliphatic heterocycles. The first-order valence-electron chi connectivity index (χ1n) is 9.27. The molecule has 2 saturated heterocycles. The lowest BCUT2D eigenvalue weighted by Gasteiger charge is -2.24. The molecule has 5 rings (SSSR count). The molecule has 0 aliphatic carbocycles. The molecule has 0 aromatic heterocycles. The topological polar surface area (TPSA) is 48.0 Å². The van der Waals surface area contributed by atoms with E-state index in [1.165, 1.54) is 0 Å². The molecular weight excluding hydrogens is 362 g/mol. The summed E-state index contributed by atoms with van der Waals surface area (Å²) < 4.78 is 17.6. The maximum Gasteiger partial charge on any atom is 0.227 e. The minimum Gasteiger partial charge on any atom is -0.455 e. The molecule has 0 saturated carbocycles. The summed E-state index contributed by atoms with van der Waals surface area (Å²) in [5, 5.41) is 0. The van der Waals surface area contributed by atoms with Crippen LogP contribution >= 0.6 is 11.8 Å². The summed E-state index contributed by atoms with van der Waals surface area (Å²) >= 11 is 1.70. The molecule has 0 radical (unpaired) electrons. The van der Waals surface area contributed by atoms with Crippen molar-refractivity contribution in [1.82, 2.24) is 4.90 Å². The van der Waals surface area contributed by atoms with E-state index in [1.54, 1.807) is 11.8 Å². The van der Waals surface area contributed by atoms with E-state index in [4.69, 9.17) is 14.2 Å². The number of carbonyl (C=O) groups is 1. The second-order valence-corrected chi connectivity index (χ2v) is 8.37. The molecule has 1 spiro atoms.